The number of ether oxygens (including phenoxy) is 2. The zero-order chi connectivity index (χ0) is 18.2. The van der Waals surface area contributed by atoms with E-state index in [1.165, 1.54) is 9.80 Å². The maximum absolute atomic E-state index is 15.4. The highest BCUT2D eigenvalue weighted by Gasteiger charge is 2.65. The minimum Gasteiger partial charge on any atom is -0.383 e. The minimum atomic E-state index is -2.96. The zero-order valence-corrected chi connectivity index (χ0v) is 16.1. The van der Waals surface area contributed by atoms with Crippen molar-refractivity contribution in [3.8, 4) is 0 Å². The molecule has 0 saturated carbocycles. The molecule has 24 heavy (non-hydrogen) atoms. The van der Waals surface area contributed by atoms with Crippen LogP contribution in [0.3, 0.4) is 0 Å². The van der Waals surface area contributed by atoms with Crippen molar-refractivity contribution >= 4 is 0 Å². The molecule has 1 saturated heterocycles. The molecule has 144 valence electrons. The molecule has 1 rings (SSSR count). The van der Waals surface area contributed by atoms with Crippen molar-refractivity contribution in [3.63, 3.8) is 0 Å². The van der Waals surface area contributed by atoms with E-state index < -0.39 is 11.7 Å². The maximum Gasteiger partial charge on any atom is 0.370 e. The summed E-state index contributed by atoms with van der Waals surface area (Å²) in [4.78, 5) is 2.83. The van der Waals surface area contributed by atoms with E-state index in [9.17, 15) is 0 Å². The van der Waals surface area contributed by atoms with Gasteiger partial charge < -0.3 is 9.47 Å². The van der Waals surface area contributed by atoms with Gasteiger partial charge in [0.25, 0.3) is 0 Å². The van der Waals surface area contributed by atoms with Crippen LogP contribution in [0.5, 0.6) is 0 Å². The van der Waals surface area contributed by atoms with Crippen LogP contribution in [-0.4, -0.2) is 68.1 Å². The first-order chi connectivity index (χ1) is 11.5. The molecule has 6 heteroatoms. The van der Waals surface area contributed by atoms with Crippen LogP contribution in [0, 0.1) is 0 Å². The first-order valence-electron chi connectivity index (χ1n) is 9.36. The van der Waals surface area contributed by atoms with Crippen molar-refractivity contribution in [3.05, 3.63) is 0 Å². The van der Waals surface area contributed by atoms with Gasteiger partial charge in [0.2, 0.25) is 0 Å². The quantitative estimate of drug-likeness (QED) is 0.498. The number of rotatable bonds is 12. The molecule has 0 radical (unpaired) electrons. The summed E-state index contributed by atoms with van der Waals surface area (Å²) in [5, 5.41) is 0. The lowest BCUT2D eigenvalue weighted by Crippen LogP contribution is -2.55. The fraction of sp³-hybridized carbons (Fsp3) is 1.00. The third-order valence-corrected chi connectivity index (χ3v) is 5.19. The zero-order valence-electron chi connectivity index (χ0n) is 16.1. The van der Waals surface area contributed by atoms with E-state index >= 15 is 8.78 Å². The lowest BCUT2D eigenvalue weighted by atomic mass is 9.79. The molecule has 1 unspecified atom stereocenters. The van der Waals surface area contributed by atoms with Gasteiger partial charge in [-0.05, 0) is 19.3 Å². The topological polar surface area (TPSA) is 24.9 Å². The standard InChI is InChI=1S/C18H36F2N2O2/c1-6-9-16-17(10-7-2,11-8-3)22(13-15-24-5)18(19,20)21(16)12-14-23-4/h16H,6-15H2,1-5H3. The molecular formula is C18H36F2N2O2. The largest absolute Gasteiger partial charge is 0.383 e. The number of halogens is 2. The van der Waals surface area contributed by atoms with Gasteiger partial charge in [0, 0.05) is 38.9 Å². The van der Waals surface area contributed by atoms with Crippen molar-refractivity contribution in [1.82, 2.24) is 9.80 Å². The van der Waals surface area contributed by atoms with Crippen LogP contribution in [0.2, 0.25) is 0 Å². The minimum absolute atomic E-state index is 0.149. The van der Waals surface area contributed by atoms with Gasteiger partial charge in [-0.25, -0.2) is 9.80 Å². The summed E-state index contributed by atoms with van der Waals surface area (Å²) in [6, 6.07) is -0.149. The first kappa shape index (κ1) is 21.7. The maximum atomic E-state index is 15.4. The summed E-state index contributed by atoms with van der Waals surface area (Å²) in [6.07, 6.45) is 2.10. The molecule has 0 N–H and O–H groups in total. The van der Waals surface area contributed by atoms with E-state index in [1.807, 2.05) is 0 Å². The van der Waals surface area contributed by atoms with Crippen LogP contribution >= 0.6 is 0 Å². The Morgan fingerprint density at radius 3 is 1.88 bits per heavy atom. The van der Waals surface area contributed by atoms with E-state index in [4.69, 9.17) is 9.47 Å². The fourth-order valence-corrected chi connectivity index (χ4v) is 4.39. The van der Waals surface area contributed by atoms with Crippen LogP contribution in [0.1, 0.15) is 59.3 Å². The number of methoxy groups -OCH3 is 2. The molecule has 0 bridgehead atoms. The molecule has 0 aliphatic carbocycles. The third kappa shape index (κ3) is 4.26. The van der Waals surface area contributed by atoms with Gasteiger partial charge in [0.15, 0.2) is 0 Å². The Bertz CT molecular complexity index is 350. The molecule has 1 fully saturated rings. The molecule has 1 atom stereocenters. The Hall–Kier alpha value is -0.300. The van der Waals surface area contributed by atoms with Gasteiger partial charge in [-0.15, -0.1) is 0 Å². The summed E-state index contributed by atoms with van der Waals surface area (Å²) in [7, 11) is 3.14. The second-order valence-corrected chi connectivity index (χ2v) is 6.75. The van der Waals surface area contributed by atoms with Crippen molar-refractivity contribution in [1.29, 1.82) is 0 Å². The van der Waals surface area contributed by atoms with Gasteiger partial charge in [0.1, 0.15) is 0 Å². The van der Waals surface area contributed by atoms with Gasteiger partial charge in [-0.2, -0.15) is 8.78 Å². The van der Waals surface area contributed by atoms with E-state index in [1.54, 1.807) is 14.2 Å². The highest BCUT2D eigenvalue weighted by atomic mass is 19.3. The van der Waals surface area contributed by atoms with Crippen molar-refractivity contribution in [2.24, 2.45) is 0 Å². The summed E-state index contributed by atoms with van der Waals surface area (Å²) < 4.78 is 41.0. The number of hydrogen-bond donors (Lipinski definition) is 0. The summed E-state index contributed by atoms with van der Waals surface area (Å²) in [5.74, 6) is 0. The Kier molecular flexibility index (Phi) is 9.06. The lowest BCUT2D eigenvalue weighted by molar-refractivity contribution is -0.231. The highest BCUT2D eigenvalue weighted by molar-refractivity contribution is 5.09. The third-order valence-electron chi connectivity index (χ3n) is 5.19. The van der Waals surface area contributed by atoms with E-state index in [-0.39, 0.29) is 19.1 Å². The van der Waals surface area contributed by atoms with Crippen LogP contribution in [0.4, 0.5) is 8.78 Å². The normalized spacial score (nSPS) is 23.9. The Labute approximate surface area is 146 Å². The Morgan fingerprint density at radius 2 is 1.42 bits per heavy atom. The molecule has 0 aromatic heterocycles. The van der Waals surface area contributed by atoms with E-state index in [0.29, 0.717) is 13.2 Å². The molecule has 1 aliphatic rings. The highest BCUT2D eigenvalue weighted by Crippen LogP contribution is 2.50. The second kappa shape index (κ2) is 10.00. The molecule has 1 heterocycles. The number of hydrogen-bond acceptors (Lipinski definition) is 4. The van der Waals surface area contributed by atoms with Gasteiger partial charge >= 0.3 is 6.17 Å². The van der Waals surface area contributed by atoms with Crippen LogP contribution < -0.4 is 0 Å². The second-order valence-electron chi connectivity index (χ2n) is 6.75. The summed E-state index contributed by atoms with van der Waals surface area (Å²) in [5.41, 5.74) is -0.491. The summed E-state index contributed by atoms with van der Waals surface area (Å²) >= 11 is 0. The Balaban J connectivity index is 3.31. The first-order valence-corrected chi connectivity index (χ1v) is 9.36. The Morgan fingerprint density at radius 1 is 0.875 bits per heavy atom. The number of nitrogens with zero attached hydrogens (tertiary/aromatic N) is 2. The van der Waals surface area contributed by atoms with Crippen LogP contribution in [0.25, 0.3) is 0 Å². The van der Waals surface area contributed by atoms with Crippen LogP contribution in [-0.2, 0) is 9.47 Å². The van der Waals surface area contributed by atoms with Gasteiger partial charge in [0.05, 0.1) is 13.2 Å². The molecule has 0 spiro atoms. The lowest BCUT2D eigenvalue weighted by Gasteiger charge is -2.42. The average Bonchev–Trinajstić information content (AvgIpc) is 2.69. The predicted molar refractivity (Wildman–Crippen MR) is 93.4 cm³/mol. The monoisotopic (exact) mass is 350 g/mol. The molecule has 0 aromatic carbocycles. The predicted octanol–water partition coefficient (Wildman–Crippen LogP) is 3.95. The van der Waals surface area contributed by atoms with Gasteiger partial charge in [-0.1, -0.05) is 40.0 Å². The van der Waals surface area contributed by atoms with Crippen LogP contribution in [0.15, 0.2) is 0 Å². The molecule has 1 aliphatic heterocycles. The smallest absolute Gasteiger partial charge is 0.370 e. The summed E-state index contributed by atoms with van der Waals surface area (Å²) in [6.45, 7) is 7.41. The van der Waals surface area contributed by atoms with Gasteiger partial charge in [-0.3, -0.25) is 0 Å². The van der Waals surface area contributed by atoms with Crippen molar-refractivity contribution < 1.29 is 18.3 Å². The SMILES string of the molecule is CCCC1N(CCOC)C(F)(F)N(CCOC)C1(CCC)CCC. The molecule has 0 aromatic rings. The fourth-order valence-electron chi connectivity index (χ4n) is 4.39. The number of alkyl halides is 2. The molecule has 4 nitrogen and oxygen atoms in total. The van der Waals surface area contributed by atoms with Crippen molar-refractivity contribution in [2.75, 3.05) is 40.5 Å². The van der Waals surface area contributed by atoms with E-state index in [2.05, 4.69) is 20.8 Å². The molecular weight excluding hydrogens is 314 g/mol. The molecule has 0 amide bonds. The van der Waals surface area contributed by atoms with Crippen molar-refractivity contribution in [2.45, 2.75) is 77.0 Å². The van der Waals surface area contributed by atoms with E-state index in [0.717, 1.165) is 38.5 Å². The average molecular weight is 350 g/mol.